The van der Waals surface area contributed by atoms with E-state index >= 15 is 0 Å². The number of hydrogen-bond donors (Lipinski definition) is 0. The summed E-state index contributed by atoms with van der Waals surface area (Å²) in [7, 11) is 0. The van der Waals surface area contributed by atoms with E-state index < -0.39 is 0 Å². The first-order valence-corrected chi connectivity index (χ1v) is 9.44. The third-order valence-corrected chi connectivity index (χ3v) is 4.77. The molecule has 7 nitrogen and oxygen atoms in total. The van der Waals surface area contributed by atoms with Crippen LogP contribution in [0.3, 0.4) is 0 Å². The van der Waals surface area contributed by atoms with Crippen molar-refractivity contribution in [2.24, 2.45) is 0 Å². The number of carbonyl (C=O) groups is 1. The molecule has 1 atom stereocenters. The Morgan fingerprint density at radius 3 is 2.86 bits per heavy atom. The van der Waals surface area contributed by atoms with Gasteiger partial charge in [-0.15, -0.1) is 0 Å². The van der Waals surface area contributed by atoms with Crippen LogP contribution in [-0.2, 0) is 17.8 Å². The van der Waals surface area contributed by atoms with E-state index in [0.29, 0.717) is 50.1 Å². The minimum absolute atomic E-state index is 0.0582. The van der Waals surface area contributed by atoms with Crippen LogP contribution in [0.5, 0.6) is 0 Å². The van der Waals surface area contributed by atoms with Crippen molar-refractivity contribution < 1.29 is 14.1 Å². The number of likely N-dealkylation sites (tertiary alicyclic amines) is 1. The molecule has 1 fully saturated rings. The Balaban J connectivity index is 1.26. The summed E-state index contributed by atoms with van der Waals surface area (Å²) in [5.74, 6) is 1.24. The molecule has 7 heteroatoms. The van der Waals surface area contributed by atoms with Gasteiger partial charge >= 0.3 is 0 Å². The van der Waals surface area contributed by atoms with Gasteiger partial charge in [-0.3, -0.25) is 9.78 Å². The van der Waals surface area contributed by atoms with Gasteiger partial charge in [-0.05, 0) is 24.1 Å². The van der Waals surface area contributed by atoms with Gasteiger partial charge in [0, 0.05) is 25.7 Å². The molecule has 3 aromatic rings. The molecule has 3 heterocycles. The minimum atomic E-state index is -0.0582. The summed E-state index contributed by atoms with van der Waals surface area (Å²) in [6, 6.07) is 15.4. The van der Waals surface area contributed by atoms with Crippen molar-refractivity contribution in [3.8, 4) is 0 Å². The van der Waals surface area contributed by atoms with E-state index in [9.17, 15) is 4.79 Å². The second kappa shape index (κ2) is 8.75. The fraction of sp³-hybridized carbons (Fsp3) is 0.333. The van der Waals surface area contributed by atoms with Crippen LogP contribution in [-0.4, -0.2) is 45.6 Å². The summed E-state index contributed by atoms with van der Waals surface area (Å²) in [5, 5.41) is 4.05. The predicted octanol–water partition coefficient (Wildman–Crippen LogP) is 2.85. The molecular weight excluding hydrogens is 356 g/mol. The number of rotatable bonds is 7. The van der Waals surface area contributed by atoms with Gasteiger partial charge in [-0.25, -0.2) is 0 Å². The van der Waals surface area contributed by atoms with Crippen molar-refractivity contribution in [2.45, 2.75) is 25.4 Å². The Bertz CT molecular complexity index is 898. The Morgan fingerprint density at radius 1 is 1.18 bits per heavy atom. The molecule has 0 N–H and O–H groups in total. The van der Waals surface area contributed by atoms with E-state index in [0.717, 1.165) is 12.0 Å². The zero-order chi connectivity index (χ0) is 19.2. The summed E-state index contributed by atoms with van der Waals surface area (Å²) >= 11 is 0. The largest absolute Gasteiger partial charge is 0.376 e. The van der Waals surface area contributed by atoms with E-state index in [-0.39, 0.29) is 11.8 Å². The first kappa shape index (κ1) is 18.3. The van der Waals surface area contributed by atoms with Crippen LogP contribution in [0.25, 0.3) is 0 Å². The molecule has 4 rings (SSSR count). The summed E-state index contributed by atoms with van der Waals surface area (Å²) < 4.78 is 11.1. The molecule has 144 valence electrons. The van der Waals surface area contributed by atoms with Crippen molar-refractivity contribution in [1.82, 2.24) is 20.0 Å². The Labute approximate surface area is 163 Å². The zero-order valence-electron chi connectivity index (χ0n) is 15.5. The number of pyridine rings is 1. The molecule has 1 aliphatic heterocycles. The Kier molecular flexibility index (Phi) is 5.72. The lowest BCUT2D eigenvalue weighted by atomic mass is 10.1. The topological polar surface area (TPSA) is 81.4 Å². The van der Waals surface area contributed by atoms with Crippen molar-refractivity contribution in [1.29, 1.82) is 0 Å². The summed E-state index contributed by atoms with van der Waals surface area (Å²) in [5.41, 5.74) is 1.60. The molecule has 1 saturated heterocycles. The second-order valence-corrected chi connectivity index (χ2v) is 6.79. The summed E-state index contributed by atoms with van der Waals surface area (Å²) in [4.78, 5) is 22.9. The van der Waals surface area contributed by atoms with E-state index in [1.165, 1.54) is 0 Å². The second-order valence-electron chi connectivity index (χ2n) is 6.79. The normalized spacial score (nSPS) is 16.4. The van der Waals surface area contributed by atoms with Crippen LogP contribution in [0.15, 0.2) is 59.3 Å². The lowest BCUT2D eigenvalue weighted by Gasteiger charge is -2.14. The molecule has 2 aromatic heterocycles. The third-order valence-electron chi connectivity index (χ3n) is 4.77. The van der Waals surface area contributed by atoms with Gasteiger partial charge in [0.2, 0.25) is 5.89 Å². The number of ether oxygens (including phenoxy) is 1. The summed E-state index contributed by atoms with van der Waals surface area (Å²) in [6.07, 6.45) is 3.04. The van der Waals surface area contributed by atoms with Gasteiger partial charge in [0.25, 0.3) is 5.91 Å². The van der Waals surface area contributed by atoms with Gasteiger partial charge in [-0.1, -0.05) is 41.6 Å². The van der Waals surface area contributed by atoms with Crippen molar-refractivity contribution >= 4 is 5.91 Å². The molecule has 1 amide bonds. The van der Waals surface area contributed by atoms with Crippen LogP contribution in [0.1, 0.15) is 40.1 Å². The van der Waals surface area contributed by atoms with Crippen LogP contribution in [0.4, 0.5) is 0 Å². The van der Waals surface area contributed by atoms with E-state index in [4.69, 9.17) is 9.26 Å². The van der Waals surface area contributed by atoms with Crippen LogP contribution >= 0.6 is 0 Å². The first-order valence-electron chi connectivity index (χ1n) is 9.44. The molecule has 1 aromatic carbocycles. The zero-order valence-corrected chi connectivity index (χ0v) is 15.5. The molecule has 28 heavy (non-hydrogen) atoms. The Hall–Kier alpha value is -3.06. The van der Waals surface area contributed by atoms with Gasteiger partial charge in [0.15, 0.2) is 5.82 Å². The SMILES string of the molecule is O=C(c1ccccn1)N1CCC(c2nc(CCOCc3ccccc3)no2)C1. The van der Waals surface area contributed by atoms with Gasteiger partial charge in [0.1, 0.15) is 5.69 Å². The van der Waals surface area contributed by atoms with Crippen molar-refractivity contribution in [3.63, 3.8) is 0 Å². The maximum absolute atomic E-state index is 12.5. The van der Waals surface area contributed by atoms with E-state index in [1.807, 2.05) is 36.4 Å². The van der Waals surface area contributed by atoms with Crippen LogP contribution in [0.2, 0.25) is 0 Å². The molecule has 1 unspecified atom stereocenters. The standard InChI is InChI=1S/C21H22N4O3/c26-21(18-8-4-5-11-22-18)25-12-9-17(14-25)20-23-19(24-28-20)10-13-27-15-16-6-2-1-3-7-16/h1-8,11,17H,9-10,12-15H2. The molecule has 0 saturated carbocycles. The molecular formula is C21H22N4O3. The molecule has 0 spiro atoms. The number of nitrogens with zero attached hydrogens (tertiary/aromatic N) is 4. The number of benzene rings is 1. The van der Waals surface area contributed by atoms with Crippen LogP contribution in [0, 0.1) is 0 Å². The average molecular weight is 378 g/mol. The number of hydrogen-bond acceptors (Lipinski definition) is 6. The number of carbonyl (C=O) groups excluding carboxylic acids is 1. The number of amides is 1. The minimum Gasteiger partial charge on any atom is -0.376 e. The van der Waals surface area contributed by atoms with E-state index in [1.54, 1.807) is 23.2 Å². The molecule has 0 bridgehead atoms. The average Bonchev–Trinajstić information content (AvgIpc) is 3.42. The highest BCUT2D eigenvalue weighted by Gasteiger charge is 2.31. The highest BCUT2D eigenvalue weighted by Crippen LogP contribution is 2.26. The number of aromatic nitrogens is 3. The molecule has 0 aliphatic carbocycles. The van der Waals surface area contributed by atoms with Gasteiger partial charge in [-0.2, -0.15) is 4.98 Å². The first-order chi connectivity index (χ1) is 13.8. The highest BCUT2D eigenvalue weighted by atomic mass is 16.5. The van der Waals surface area contributed by atoms with E-state index in [2.05, 4.69) is 15.1 Å². The van der Waals surface area contributed by atoms with Crippen molar-refractivity contribution in [2.75, 3.05) is 19.7 Å². The third kappa shape index (κ3) is 4.43. The lowest BCUT2D eigenvalue weighted by molar-refractivity contribution is 0.0784. The lowest BCUT2D eigenvalue weighted by Crippen LogP contribution is -2.29. The fourth-order valence-electron chi connectivity index (χ4n) is 3.26. The molecule has 0 radical (unpaired) electrons. The monoisotopic (exact) mass is 378 g/mol. The van der Waals surface area contributed by atoms with Gasteiger partial charge < -0.3 is 14.2 Å². The van der Waals surface area contributed by atoms with Crippen LogP contribution < -0.4 is 0 Å². The Morgan fingerprint density at radius 2 is 2.04 bits per heavy atom. The highest BCUT2D eigenvalue weighted by molar-refractivity contribution is 5.92. The van der Waals surface area contributed by atoms with Crippen molar-refractivity contribution in [3.05, 3.63) is 77.7 Å². The van der Waals surface area contributed by atoms with Gasteiger partial charge in [0.05, 0.1) is 19.1 Å². The maximum atomic E-state index is 12.5. The maximum Gasteiger partial charge on any atom is 0.272 e. The molecule has 1 aliphatic rings. The fourth-order valence-corrected chi connectivity index (χ4v) is 3.26. The quantitative estimate of drug-likeness (QED) is 0.588. The smallest absolute Gasteiger partial charge is 0.272 e. The summed E-state index contributed by atoms with van der Waals surface area (Å²) in [6.45, 7) is 2.33. The predicted molar refractivity (Wildman–Crippen MR) is 102 cm³/mol.